The number of hydrogen-bond acceptors (Lipinski definition) is 2. The predicted molar refractivity (Wildman–Crippen MR) is 67.3 cm³/mol. The van der Waals surface area contributed by atoms with Gasteiger partial charge in [0.25, 0.3) is 0 Å². The van der Waals surface area contributed by atoms with E-state index in [4.69, 9.17) is 0 Å². The Bertz CT molecular complexity index is 457. The van der Waals surface area contributed by atoms with Gasteiger partial charge in [0.2, 0.25) is 5.91 Å². The lowest BCUT2D eigenvalue weighted by atomic mass is 9.85. The second kappa shape index (κ2) is 4.34. The van der Waals surface area contributed by atoms with E-state index in [2.05, 4.69) is 28.9 Å². The molecule has 0 radical (unpaired) electrons. The van der Waals surface area contributed by atoms with E-state index in [1.54, 1.807) is 0 Å². The van der Waals surface area contributed by atoms with Gasteiger partial charge in [0.05, 0.1) is 5.92 Å². The first-order valence-corrected chi connectivity index (χ1v) is 6.09. The second-order valence-corrected chi connectivity index (χ2v) is 4.67. The van der Waals surface area contributed by atoms with Crippen molar-refractivity contribution in [1.82, 2.24) is 10.6 Å². The molecular weight excluding hydrogens is 212 g/mol. The van der Waals surface area contributed by atoms with Gasteiger partial charge in [0.15, 0.2) is 0 Å². The highest BCUT2D eigenvalue weighted by Crippen LogP contribution is 2.32. The zero-order valence-corrected chi connectivity index (χ0v) is 9.65. The maximum Gasteiger partial charge on any atom is 0.225 e. The lowest BCUT2D eigenvalue weighted by molar-refractivity contribution is -0.124. The molecule has 3 heteroatoms. The van der Waals surface area contributed by atoms with E-state index >= 15 is 0 Å². The van der Waals surface area contributed by atoms with Crippen LogP contribution in [-0.2, 0) is 4.79 Å². The molecule has 17 heavy (non-hydrogen) atoms. The molecule has 0 aromatic rings. The zero-order chi connectivity index (χ0) is 11.7. The van der Waals surface area contributed by atoms with E-state index in [-0.39, 0.29) is 11.8 Å². The van der Waals surface area contributed by atoms with Gasteiger partial charge >= 0.3 is 0 Å². The number of allylic oxidation sites excluding steroid dienone is 6. The molecule has 0 spiro atoms. The Morgan fingerprint density at radius 1 is 1.00 bits per heavy atom. The Morgan fingerprint density at radius 2 is 1.76 bits per heavy atom. The molecule has 1 aliphatic carbocycles. The number of nitrogens with one attached hydrogen (secondary N) is 2. The summed E-state index contributed by atoms with van der Waals surface area (Å²) < 4.78 is 0. The number of rotatable bonds is 0. The van der Waals surface area contributed by atoms with Crippen LogP contribution < -0.4 is 10.6 Å². The van der Waals surface area contributed by atoms with Crippen molar-refractivity contribution in [2.24, 2.45) is 11.8 Å². The number of amides is 1. The Morgan fingerprint density at radius 3 is 2.65 bits per heavy atom. The molecular formula is C14H16N2O. The van der Waals surface area contributed by atoms with Crippen LogP contribution in [0.1, 0.15) is 0 Å². The van der Waals surface area contributed by atoms with Gasteiger partial charge in [0, 0.05) is 25.6 Å². The van der Waals surface area contributed by atoms with Crippen molar-refractivity contribution >= 4 is 5.91 Å². The van der Waals surface area contributed by atoms with Gasteiger partial charge in [-0.3, -0.25) is 4.79 Å². The Labute approximate surface area is 101 Å². The van der Waals surface area contributed by atoms with Crippen LogP contribution in [0.4, 0.5) is 0 Å². The third-order valence-electron chi connectivity index (χ3n) is 3.68. The number of hydrogen-bond donors (Lipinski definition) is 2. The standard InChI is InChI=1S/C14H16N2O/c17-14-13-9-15-8-12(13)11-6-4-2-1-3-5-10(11)7-16-14/h1-6,12-13,15H,7-9H2,(H,16,17)/b2-1?,3-1-,4-2-,5-3?,6-4?,10-5-,11-6+. The second-order valence-electron chi connectivity index (χ2n) is 4.67. The van der Waals surface area contributed by atoms with Gasteiger partial charge in [-0.15, -0.1) is 0 Å². The van der Waals surface area contributed by atoms with Crippen molar-refractivity contribution in [3.05, 3.63) is 47.6 Å². The molecule has 2 N–H and O–H groups in total. The van der Waals surface area contributed by atoms with E-state index in [1.807, 2.05) is 18.2 Å². The maximum absolute atomic E-state index is 12.0. The fourth-order valence-corrected chi connectivity index (χ4v) is 2.78. The zero-order valence-electron chi connectivity index (χ0n) is 9.65. The minimum Gasteiger partial charge on any atom is -0.352 e. The molecule has 88 valence electrons. The van der Waals surface area contributed by atoms with E-state index in [1.165, 1.54) is 11.1 Å². The monoisotopic (exact) mass is 228 g/mol. The predicted octanol–water partition coefficient (Wildman–Crippen LogP) is 0.931. The molecule has 0 aromatic heterocycles. The summed E-state index contributed by atoms with van der Waals surface area (Å²) in [6, 6.07) is 0. The average molecular weight is 228 g/mol. The van der Waals surface area contributed by atoms with E-state index < -0.39 is 0 Å². The molecule has 0 bridgehead atoms. The highest BCUT2D eigenvalue weighted by atomic mass is 16.1. The van der Waals surface area contributed by atoms with Crippen LogP contribution in [0.3, 0.4) is 0 Å². The normalized spacial score (nSPS) is 41.3. The molecule has 2 atom stereocenters. The summed E-state index contributed by atoms with van der Waals surface area (Å²) in [6.45, 7) is 2.34. The summed E-state index contributed by atoms with van der Waals surface area (Å²) in [5, 5.41) is 6.34. The summed E-state index contributed by atoms with van der Waals surface area (Å²) in [5.41, 5.74) is 2.54. The summed E-state index contributed by atoms with van der Waals surface area (Å²) in [5.74, 6) is 0.588. The van der Waals surface area contributed by atoms with Crippen molar-refractivity contribution in [2.45, 2.75) is 0 Å². The molecule has 2 aliphatic heterocycles. The first kappa shape index (κ1) is 10.5. The maximum atomic E-state index is 12.0. The molecule has 2 fully saturated rings. The molecule has 0 aromatic carbocycles. The van der Waals surface area contributed by atoms with E-state index in [9.17, 15) is 4.79 Å². The van der Waals surface area contributed by atoms with Gasteiger partial charge in [-0.1, -0.05) is 36.5 Å². The first-order valence-electron chi connectivity index (χ1n) is 6.09. The number of carbonyl (C=O) groups is 1. The fraction of sp³-hybridized carbons (Fsp3) is 0.357. The SMILES string of the molecule is O=C1NCC2=C/C=C\C=C/C=C\2C2CNCC12. The Kier molecular flexibility index (Phi) is 2.69. The molecule has 3 aliphatic rings. The summed E-state index contributed by atoms with van der Waals surface area (Å²) in [6.07, 6.45) is 12.4. The summed E-state index contributed by atoms with van der Waals surface area (Å²) >= 11 is 0. The van der Waals surface area contributed by atoms with Gasteiger partial charge in [-0.2, -0.15) is 0 Å². The molecule has 3 nitrogen and oxygen atoms in total. The average Bonchev–Trinajstić information content (AvgIpc) is 2.72. The van der Waals surface area contributed by atoms with Crippen molar-refractivity contribution in [2.75, 3.05) is 19.6 Å². The molecule has 3 rings (SSSR count). The van der Waals surface area contributed by atoms with Gasteiger partial charge in [-0.25, -0.2) is 0 Å². The van der Waals surface area contributed by atoms with Gasteiger partial charge in [-0.05, 0) is 11.1 Å². The van der Waals surface area contributed by atoms with Crippen LogP contribution in [0, 0.1) is 11.8 Å². The molecule has 2 saturated heterocycles. The molecule has 1 amide bonds. The van der Waals surface area contributed by atoms with Crippen molar-refractivity contribution in [3.63, 3.8) is 0 Å². The smallest absolute Gasteiger partial charge is 0.225 e. The quantitative estimate of drug-likeness (QED) is 0.647. The van der Waals surface area contributed by atoms with Crippen LogP contribution in [0.2, 0.25) is 0 Å². The fourth-order valence-electron chi connectivity index (χ4n) is 2.78. The highest BCUT2D eigenvalue weighted by molar-refractivity contribution is 5.82. The molecule has 2 heterocycles. The Hall–Kier alpha value is -1.61. The molecule has 0 saturated carbocycles. The van der Waals surface area contributed by atoms with Crippen molar-refractivity contribution in [1.29, 1.82) is 0 Å². The topological polar surface area (TPSA) is 41.1 Å². The number of fused-ring (bicyclic) bond motifs is 3. The minimum absolute atomic E-state index is 0.0870. The van der Waals surface area contributed by atoms with Crippen LogP contribution >= 0.6 is 0 Å². The van der Waals surface area contributed by atoms with Crippen LogP contribution in [0.15, 0.2) is 47.6 Å². The van der Waals surface area contributed by atoms with Crippen LogP contribution in [0.25, 0.3) is 0 Å². The lowest BCUT2D eigenvalue weighted by Gasteiger charge is -2.17. The van der Waals surface area contributed by atoms with Gasteiger partial charge < -0.3 is 10.6 Å². The van der Waals surface area contributed by atoms with Crippen LogP contribution in [-0.4, -0.2) is 25.5 Å². The third-order valence-corrected chi connectivity index (χ3v) is 3.68. The Balaban J connectivity index is 2.03. The summed E-state index contributed by atoms with van der Waals surface area (Å²) in [7, 11) is 0. The highest BCUT2D eigenvalue weighted by Gasteiger charge is 2.38. The van der Waals surface area contributed by atoms with Crippen molar-refractivity contribution in [3.8, 4) is 0 Å². The lowest BCUT2D eigenvalue weighted by Crippen LogP contribution is -2.32. The first-order chi connectivity index (χ1) is 8.36. The number of carbonyl (C=O) groups excluding carboxylic acids is 1. The van der Waals surface area contributed by atoms with Crippen molar-refractivity contribution < 1.29 is 4.79 Å². The summed E-state index contributed by atoms with van der Waals surface area (Å²) in [4.78, 5) is 12.0. The van der Waals surface area contributed by atoms with Gasteiger partial charge in [0.1, 0.15) is 0 Å². The minimum atomic E-state index is 0.0870. The van der Waals surface area contributed by atoms with Crippen LogP contribution in [0.5, 0.6) is 0 Å². The van der Waals surface area contributed by atoms with E-state index in [0.717, 1.165) is 13.1 Å². The molecule has 2 unspecified atom stereocenters. The van der Waals surface area contributed by atoms with E-state index in [0.29, 0.717) is 12.5 Å². The third kappa shape index (κ3) is 1.87. The largest absolute Gasteiger partial charge is 0.352 e.